The van der Waals surface area contributed by atoms with Crippen molar-refractivity contribution in [3.63, 3.8) is 0 Å². The van der Waals surface area contributed by atoms with Crippen LogP contribution in [0.2, 0.25) is 5.02 Å². The molecule has 0 saturated heterocycles. The van der Waals surface area contributed by atoms with E-state index in [1.54, 1.807) is 30.3 Å². The Labute approximate surface area is 157 Å². The second-order valence-corrected chi connectivity index (χ2v) is 7.41. The highest BCUT2D eigenvalue weighted by molar-refractivity contribution is 7.89. The summed E-state index contributed by atoms with van der Waals surface area (Å²) in [6.07, 6.45) is 0.585. The maximum atomic E-state index is 11.8. The summed E-state index contributed by atoms with van der Waals surface area (Å²) in [7, 11) is -3.75. The predicted molar refractivity (Wildman–Crippen MR) is 101 cm³/mol. The van der Waals surface area contributed by atoms with Crippen LogP contribution in [-0.2, 0) is 16.4 Å². The molecule has 2 aromatic carbocycles. The van der Waals surface area contributed by atoms with Crippen LogP contribution in [-0.4, -0.2) is 27.6 Å². The molecule has 0 aliphatic rings. The molecule has 0 aliphatic carbocycles. The minimum absolute atomic E-state index is 0.0423. The van der Waals surface area contributed by atoms with Gasteiger partial charge < -0.3 is 15.4 Å². The third-order valence-corrected chi connectivity index (χ3v) is 4.62. The van der Waals surface area contributed by atoms with Crippen molar-refractivity contribution in [3.8, 4) is 5.75 Å². The van der Waals surface area contributed by atoms with E-state index in [2.05, 4.69) is 10.6 Å². The predicted octanol–water partition coefficient (Wildman–Crippen LogP) is 2.75. The van der Waals surface area contributed by atoms with Gasteiger partial charge in [-0.15, -0.1) is 0 Å². The number of carbonyl (C=O) groups is 1. The van der Waals surface area contributed by atoms with Crippen LogP contribution in [0.5, 0.6) is 5.75 Å². The minimum Gasteiger partial charge on any atom is -0.491 e. The van der Waals surface area contributed by atoms with Gasteiger partial charge in [0.05, 0.1) is 11.4 Å². The number of urea groups is 1. The summed E-state index contributed by atoms with van der Waals surface area (Å²) in [6.45, 7) is 2.38. The van der Waals surface area contributed by atoms with Gasteiger partial charge in [0.2, 0.25) is 10.0 Å². The number of sulfonamides is 1. The highest BCUT2D eigenvalue weighted by atomic mass is 35.5. The fraction of sp³-hybridized carbons (Fsp3) is 0.235. The van der Waals surface area contributed by atoms with Crippen molar-refractivity contribution >= 4 is 33.3 Å². The van der Waals surface area contributed by atoms with Gasteiger partial charge in [-0.25, -0.2) is 18.4 Å². The third kappa shape index (κ3) is 5.91. The summed E-state index contributed by atoms with van der Waals surface area (Å²) in [5.41, 5.74) is 1.31. The molecule has 4 N–H and O–H groups in total. The monoisotopic (exact) mass is 397 g/mol. The lowest BCUT2D eigenvalue weighted by molar-refractivity contribution is 0.247. The molecule has 0 heterocycles. The van der Waals surface area contributed by atoms with E-state index in [0.29, 0.717) is 22.9 Å². The molecule has 0 radical (unpaired) electrons. The summed E-state index contributed by atoms with van der Waals surface area (Å²) in [4.78, 5) is 11.9. The zero-order valence-corrected chi connectivity index (χ0v) is 15.7. The number of anilines is 1. The summed E-state index contributed by atoms with van der Waals surface area (Å²) < 4.78 is 28.4. The lowest BCUT2D eigenvalue weighted by Gasteiger charge is -2.12. The zero-order valence-electron chi connectivity index (χ0n) is 14.2. The normalized spacial score (nSPS) is 11.0. The van der Waals surface area contributed by atoms with Crippen molar-refractivity contribution in [2.75, 3.05) is 18.5 Å². The van der Waals surface area contributed by atoms with Gasteiger partial charge in [0.25, 0.3) is 0 Å². The first kappa shape index (κ1) is 20.0. The second-order valence-electron chi connectivity index (χ2n) is 5.41. The van der Waals surface area contributed by atoms with Crippen LogP contribution in [0.25, 0.3) is 0 Å². The molecule has 9 heteroatoms. The second kappa shape index (κ2) is 8.88. The molecule has 2 aromatic rings. The highest BCUT2D eigenvalue weighted by Gasteiger charge is 2.11. The number of hydrogen-bond donors (Lipinski definition) is 3. The van der Waals surface area contributed by atoms with Gasteiger partial charge in [-0.05, 0) is 48.4 Å². The van der Waals surface area contributed by atoms with Crippen molar-refractivity contribution in [2.45, 2.75) is 18.2 Å². The molecule has 2 amide bonds. The number of benzene rings is 2. The molecule has 0 bridgehead atoms. The van der Waals surface area contributed by atoms with Crippen LogP contribution in [0.1, 0.15) is 12.5 Å². The lowest BCUT2D eigenvalue weighted by atomic mass is 10.1. The number of primary sulfonamides is 1. The van der Waals surface area contributed by atoms with Crippen LogP contribution in [0.3, 0.4) is 0 Å². The molecule has 0 aliphatic heterocycles. The Balaban J connectivity index is 1.85. The van der Waals surface area contributed by atoms with E-state index in [1.807, 2.05) is 6.92 Å². The van der Waals surface area contributed by atoms with Gasteiger partial charge in [0.1, 0.15) is 12.4 Å². The number of aryl methyl sites for hydroxylation is 1. The largest absolute Gasteiger partial charge is 0.491 e. The lowest BCUT2D eigenvalue weighted by Crippen LogP contribution is -2.32. The molecular weight excluding hydrogens is 378 g/mol. The molecule has 0 saturated carbocycles. The van der Waals surface area contributed by atoms with E-state index in [9.17, 15) is 13.2 Å². The van der Waals surface area contributed by atoms with Crippen LogP contribution < -0.4 is 20.5 Å². The number of amides is 2. The van der Waals surface area contributed by atoms with Gasteiger partial charge in [0, 0.05) is 10.7 Å². The van der Waals surface area contributed by atoms with Crippen LogP contribution in [0, 0.1) is 0 Å². The van der Waals surface area contributed by atoms with Crippen molar-refractivity contribution in [3.05, 3.63) is 53.1 Å². The Hall–Kier alpha value is -2.29. The van der Waals surface area contributed by atoms with Crippen LogP contribution >= 0.6 is 11.6 Å². The number of rotatable bonds is 7. The zero-order chi connectivity index (χ0) is 19.2. The number of hydrogen-bond acceptors (Lipinski definition) is 4. The third-order valence-electron chi connectivity index (χ3n) is 3.47. The van der Waals surface area contributed by atoms with Crippen molar-refractivity contribution in [2.24, 2.45) is 5.14 Å². The van der Waals surface area contributed by atoms with Crippen molar-refractivity contribution in [1.29, 1.82) is 0 Å². The molecule has 26 heavy (non-hydrogen) atoms. The van der Waals surface area contributed by atoms with Crippen LogP contribution in [0.15, 0.2) is 47.4 Å². The minimum atomic E-state index is -3.75. The summed E-state index contributed by atoms with van der Waals surface area (Å²) in [5, 5.41) is 11.0. The molecule has 140 valence electrons. The molecular formula is C17H20ClN3O4S. The van der Waals surface area contributed by atoms with E-state index in [1.165, 1.54) is 12.1 Å². The Bertz CT molecular complexity index is 887. The van der Waals surface area contributed by atoms with Crippen LogP contribution in [0.4, 0.5) is 10.5 Å². The molecule has 0 spiro atoms. The maximum absolute atomic E-state index is 11.8. The number of carbonyl (C=O) groups excluding carboxylic acids is 1. The fourth-order valence-electron chi connectivity index (χ4n) is 2.22. The molecule has 2 rings (SSSR count). The maximum Gasteiger partial charge on any atom is 0.319 e. The molecule has 0 aromatic heterocycles. The number of halogens is 1. The van der Waals surface area contributed by atoms with Gasteiger partial charge in [-0.3, -0.25) is 0 Å². The topological polar surface area (TPSA) is 111 Å². The van der Waals surface area contributed by atoms with Gasteiger partial charge in [-0.1, -0.05) is 24.6 Å². The highest BCUT2D eigenvalue weighted by Crippen LogP contribution is 2.22. The smallest absolute Gasteiger partial charge is 0.319 e. The molecule has 0 atom stereocenters. The summed E-state index contributed by atoms with van der Waals surface area (Å²) in [6, 6.07) is 10.9. The number of ether oxygens (including phenoxy) is 1. The Morgan fingerprint density at radius 1 is 1.23 bits per heavy atom. The Morgan fingerprint density at radius 2 is 2.00 bits per heavy atom. The van der Waals surface area contributed by atoms with E-state index in [0.717, 1.165) is 5.56 Å². The summed E-state index contributed by atoms with van der Waals surface area (Å²) >= 11 is 5.85. The van der Waals surface area contributed by atoms with E-state index in [4.69, 9.17) is 21.5 Å². The SMILES string of the molecule is CCc1cc(S(N)(=O)=O)ccc1OCCNC(=O)Nc1cccc(Cl)c1. The molecule has 0 unspecified atom stereocenters. The van der Waals surface area contributed by atoms with Crippen molar-refractivity contribution < 1.29 is 17.9 Å². The average molecular weight is 398 g/mol. The molecule has 7 nitrogen and oxygen atoms in total. The Kier molecular flexibility index (Phi) is 6.84. The molecule has 0 fully saturated rings. The van der Waals surface area contributed by atoms with Crippen molar-refractivity contribution in [1.82, 2.24) is 5.32 Å². The number of nitrogens with two attached hydrogens (primary N) is 1. The standard InChI is InChI=1S/C17H20ClN3O4S/c1-2-12-10-15(26(19,23)24)6-7-16(12)25-9-8-20-17(22)21-14-5-3-4-13(18)11-14/h3-7,10-11H,2,8-9H2,1H3,(H2,19,23,24)(H2,20,21,22). The van der Waals surface area contributed by atoms with E-state index in [-0.39, 0.29) is 24.1 Å². The van der Waals surface area contributed by atoms with Gasteiger partial charge in [-0.2, -0.15) is 0 Å². The quantitative estimate of drug-likeness (QED) is 0.624. The first-order valence-corrected chi connectivity index (χ1v) is 9.81. The summed E-state index contributed by atoms with van der Waals surface area (Å²) in [5.74, 6) is 0.553. The van der Waals surface area contributed by atoms with Gasteiger partial charge >= 0.3 is 6.03 Å². The van der Waals surface area contributed by atoms with E-state index >= 15 is 0 Å². The number of nitrogens with one attached hydrogen (secondary N) is 2. The first-order chi connectivity index (χ1) is 12.3. The van der Waals surface area contributed by atoms with E-state index < -0.39 is 10.0 Å². The first-order valence-electron chi connectivity index (χ1n) is 7.88. The fourth-order valence-corrected chi connectivity index (χ4v) is 2.97. The Morgan fingerprint density at radius 3 is 2.65 bits per heavy atom. The van der Waals surface area contributed by atoms with Gasteiger partial charge in [0.15, 0.2) is 0 Å². The average Bonchev–Trinajstić information content (AvgIpc) is 2.58.